The number of ether oxygens (including phenoxy) is 1. The Morgan fingerprint density at radius 2 is 1.81 bits per heavy atom. The summed E-state index contributed by atoms with van der Waals surface area (Å²) < 4.78 is 5.29. The maximum absolute atomic E-state index is 12.5. The molecule has 1 heterocycles. The van der Waals surface area contributed by atoms with Gasteiger partial charge in [-0.05, 0) is 43.2 Å². The number of nitrogens with two attached hydrogens (primary N) is 1. The first-order valence-corrected chi connectivity index (χ1v) is 10.1. The second-order valence-electron chi connectivity index (χ2n) is 7.49. The molecular weight excluding hydrogens is 398 g/mol. The van der Waals surface area contributed by atoms with E-state index >= 15 is 0 Å². The molecule has 0 aromatic heterocycles. The molecule has 3 amide bonds. The van der Waals surface area contributed by atoms with Gasteiger partial charge in [0.25, 0.3) is 5.91 Å². The molecule has 0 radical (unpaired) electrons. The van der Waals surface area contributed by atoms with E-state index in [0.29, 0.717) is 24.2 Å². The summed E-state index contributed by atoms with van der Waals surface area (Å²) in [7, 11) is 0. The van der Waals surface area contributed by atoms with Crippen LogP contribution in [0.3, 0.4) is 0 Å². The van der Waals surface area contributed by atoms with Crippen molar-refractivity contribution in [3.8, 4) is 0 Å². The Hall–Kier alpha value is -3.68. The summed E-state index contributed by atoms with van der Waals surface area (Å²) in [6.07, 6.45) is -0.241. The van der Waals surface area contributed by atoms with Crippen molar-refractivity contribution in [3.05, 3.63) is 65.7 Å². The minimum Gasteiger partial charge on any atom is -0.452 e. The number of hydrogen-bond acceptors (Lipinski definition) is 5. The Balaban J connectivity index is 1.48. The second kappa shape index (κ2) is 9.88. The third kappa shape index (κ3) is 5.91. The Bertz CT molecular complexity index is 959. The molecule has 1 aliphatic heterocycles. The molecule has 8 nitrogen and oxygen atoms in total. The van der Waals surface area contributed by atoms with E-state index in [0.717, 1.165) is 5.56 Å². The lowest BCUT2D eigenvalue weighted by atomic mass is 10.1. The van der Waals surface area contributed by atoms with Gasteiger partial charge < -0.3 is 20.7 Å². The van der Waals surface area contributed by atoms with Crippen LogP contribution in [0.4, 0.5) is 5.69 Å². The normalized spacial score (nSPS) is 16.6. The van der Waals surface area contributed by atoms with E-state index in [4.69, 9.17) is 10.5 Å². The molecule has 0 saturated carbocycles. The number of rotatable bonds is 8. The molecule has 8 heteroatoms. The highest BCUT2D eigenvalue weighted by atomic mass is 16.5. The summed E-state index contributed by atoms with van der Waals surface area (Å²) in [6, 6.07) is 15.9. The highest BCUT2D eigenvalue weighted by Crippen LogP contribution is 2.20. The minimum absolute atomic E-state index is 0.0799. The fraction of sp³-hybridized carbons (Fsp3) is 0.304. The number of primary amides is 1. The number of esters is 1. The van der Waals surface area contributed by atoms with E-state index in [1.807, 2.05) is 30.3 Å². The Kier molecular flexibility index (Phi) is 7.02. The number of amides is 3. The van der Waals surface area contributed by atoms with Gasteiger partial charge in [-0.2, -0.15) is 0 Å². The molecule has 0 spiro atoms. The maximum Gasteiger partial charge on any atom is 0.312 e. The van der Waals surface area contributed by atoms with Crippen molar-refractivity contribution in [1.29, 1.82) is 0 Å². The van der Waals surface area contributed by atoms with Crippen molar-refractivity contribution in [2.24, 2.45) is 11.7 Å². The Morgan fingerprint density at radius 1 is 1.13 bits per heavy atom. The van der Waals surface area contributed by atoms with Crippen LogP contribution in [0.15, 0.2) is 54.6 Å². The van der Waals surface area contributed by atoms with Gasteiger partial charge in [0.1, 0.15) is 0 Å². The maximum atomic E-state index is 12.5. The number of carbonyl (C=O) groups is 4. The van der Waals surface area contributed by atoms with Crippen molar-refractivity contribution in [2.75, 3.05) is 18.4 Å². The molecule has 0 unspecified atom stereocenters. The predicted octanol–water partition coefficient (Wildman–Crippen LogP) is 1.75. The van der Waals surface area contributed by atoms with Gasteiger partial charge in [0.05, 0.1) is 5.92 Å². The molecule has 0 aliphatic carbocycles. The molecule has 31 heavy (non-hydrogen) atoms. The van der Waals surface area contributed by atoms with E-state index in [1.165, 1.54) is 31.2 Å². The standard InChI is InChI=1S/C23H25N3O5/c1-15(22(29)25-19-9-7-17(8-10-19)21(24)28)31-23(30)18-13-20(27)26(14-18)12-11-16-5-3-2-4-6-16/h2-10,15,18H,11-14H2,1H3,(H2,24,28)(H,25,29)/t15-,18+/m1/s1. The van der Waals surface area contributed by atoms with E-state index in [-0.39, 0.29) is 18.9 Å². The SMILES string of the molecule is C[C@@H](OC(=O)[C@H]1CC(=O)N(CCc2ccccc2)C1)C(=O)Nc1ccc(C(N)=O)cc1. The zero-order valence-electron chi connectivity index (χ0n) is 17.2. The van der Waals surface area contributed by atoms with Gasteiger partial charge in [-0.1, -0.05) is 30.3 Å². The lowest BCUT2D eigenvalue weighted by molar-refractivity contribution is -0.157. The fourth-order valence-electron chi connectivity index (χ4n) is 3.34. The van der Waals surface area contributed by atoms with Crippen molar-refractivity contribution in [3.63, 3.8) is 0 Å². The van der Waals surface area contributed by atoms with Crippen LogP contribution >= 0.6 is 0 Å². The quantitative estimate of drug-likeness (QED) is 0.627. The number of carbonyl (C=O) groups excluding carboxylic acids is 4. The largest absolute Gasteiger partial charge is 0.452 e. The molecule has 1 saturated heterocycles. The van der Waals surface area contributed by atoms with Crippen LogP contribution < -0.4 is 11.1 Å². The van der Waals surface area contributed by atoms with Crippen molar-refractivity contribution >= 4 is 29.4 Å². The summed E-state index contributed by atoms with van der Waals surface area (Å²) in [5.74, 6) is -2.32. The molecule has 1 fully saturated rings. The highest BCUT2D eigenvalue weighted by Gasteiger charge is 2.36. The van der Waals surface area contributed by atoms with Crippen LogP contribution in [0, 0.1) is 5.92 Å². The van der Waals surface area contributed by atoms with Crippen molar-refractivity contribution in [1.82, 2.24) is 4.90 Å². The Labute approximate surface area is 180 Å². The third-order valence-corrected chi connectivity index (χ3v) is 5.16. The predicted molar refractivity (Wildman–Crippen MR) is 114 cm³/mol. The zero-order valence-corrected chi connectivity index (χ0v) is 17.2. The molecule has 2 aromatic rings. The molecule has 2 aromatic carbocycles. The third-order valence-electron chi connectivity index (χ3n) is 5.16. The van der Waals surface area contributed by atoms with Crippen LogP contribution in [0.5, 0.6) is 0 Å². The lowest BCUT2D eigenvalue weighted by Crippen LogP contribution is -2.33. The highest BCUT2D eigenvalue weighted by molar-refractivity contribution is 5.97. The van der Waals surface area contributed by atoms with Crippen LogP contribution in [0.1, 0.15) is 29.3 Å². The zero-order chi connectivity index (χ0) is 22.4. The van der Waals surface area contributed by atoms with E-state index in [9.17, 15) is 19.2 Å². The first kappa shape index (κ1) is 22.0. The van der Waals surface area contributed by atoms with Gasteiger partial charge in [0.2, 0.25) is 11.8 Å². The lowest BCUT2D eigenvalue weighted by Gasteiger charge is -2.18. The Morgan fingerprint density at radius 3 is 2.45 bits per heavy atom. The monoisotopic (exact) mass is 423 g/mol. The number of anilines is 1. The van der Waals surface area contributed by atoms with Gasteiger partial charge in [-0.15, -0.1) is 0 Å². The van der Waals surface area contributed by atoms with E-state index in [2.05, 4.69) is 5.32 Å². The number of hydrogen-bond donors (Lipinski definition) is 2. The molecule has 3 rings (SSSR count). The topological polar surface area (TPSA) is 119 Å². The first-order chi connectivity index (χ1) is 14.8. The van der Waals surface area contributed by atoms with Crippen LogP contribution in [0.25, 0.3) is 0 Å². The number of nitrogens with zero attached hydrogens (tertiary/aromatic N) is 1. The molecule has 1 aliphatic rings. The molecular formula is C23H25N3O5. The molecule has 2 atom stereocenters. The summed E-state index contributed by atoms with van der Waals surface area (Å²) in [5.41, 5.74) is 7.07. The summed E-state index contributed by atoms with van der Waals surface area (Å²) in [4.78, 5) is 49.8. The van der Waals surface area contributed by atoms with Crippen LogP contribution in [-0.4, -0.2) is 47.8 Å². The number of likely N-dealkylation sites (tertiary alicyclic amines) is 1. The second-order valence-corrected chi connectivity index (χ2v) is 7.49. The van der Waals surface area contributed by atoms with Gasteiger partial charge in [0.15, 0.2) is 6.10 Å². The van der Waals surface area contributed by atoms with Gasteiger partial charge in [-0.3, -0.25) is 19.2 Å². The van der Waals surface area contributed by atoms with Crippen LogP contribution in [-0.2, 0) is 25.5 Å². The van der Waals surface area contributed by atoms with Crippen LogP contribution in [0.2, 0.25) is 0 Å². The minimum atomic E-state index is -1.03. The smallest absolute Gasteiger partial charge is 0.312 e. The van der Waals surface area contributed by atoms with Crippen molar-refractivity contribution in [2.45, 2.75) is 25.9 Å². The number of nitrogens with one attached hydrogen (secondary N) is 1. The summed E-state index contributed by atoms with van der Waals surface area (Å²) in [5, 5.41) is 2.61. The first-order valence-electron chi connectivity index (χ1n) is 10.1. The summed E-state index contributed by atoms with van der Waals surface area (Å²) in [6.45, 7) is 2.28. The van der Waals surface area contributed by atoms with E-state index in [1.54, 1.807) is 4.90 Å². The van der Waals surface area contributed by atoms with E-state index < -0.39 is 29.8 Å². The average molecular weight is 423 g/mol. The summed E-state index contributed by atoms with van der Waals surface area (Å²) >= 11 is 0. The molecule has 3 N–H and O–H groups in total. The average Bonchev–Trinajstić information content (AvgIpc) is 3.14. The van der Waals surface area contributed by atoms with Gasteiger partial charge >= 0.3 is 5.97 Å². The van der Waals surface area contributed by atoms with Gasteiger partial charge in [-0.25, -0.2) is 0 Å². The molecule has 0 bridgehead atoms. The number of benzene rings is 2. The van der Waals surface area contributed by atoms with Gasteiger partial charge in [0, 0.05) is 30.8 Å². The fourth-order valence-corrected chi connectivity index (χ4v) is 3.34. The van der Waals surface area contributed by atoms with Crippen molar-refractivity contribution < 1.29 is 23.9 Å². The molecule has 162 valence electrons.